The second kappa shape index (κ2) is 9.14. The Labute approximate surface area is 182 Å². The summed E-state index contributed by atoms with van der Waals surface area (Å²) < 4.78 is 22.3. The predicted molar refractivity (Wildman–Crippen MR) is 114 cm³/mol. The number of ketones is 1. The van der Waals surface area contributed by atoms with E-state index in [4.69, 9.17) is 18.9 Å². The lowest BCUT2D eigenvalue weighted by molar-refractivity contribution is -0.142. The highest BCUT2D eigenvalue weighted by molar-refractivity contribution is 6.04. The largest absolute Gasteiger partial charge is 0.497 e. The Kier molecular flexibility index (Phi) is 6.32. The molecule has 166 valence electrons. The van der Waals surface area contributed by atoms with Crippen LogP contribution in [0.2, 0.25) is 0 Å². The van der Waals surface area contributed by atoms with Crippen LogP contribution >= 0.6 is 0 Å². The number of nitrogens with one attached hydrogen (secondary N) is 1. The molecule has 31 heavy (non-hydrogen) atoms. The lowest BCUT2D eigenvalue weighted by Gasteiger charge is -2.34. The van der Waals surface area contributed by atoms with Crippen molar-refractivity contribution in [1.29, 1.82) is 0 Å². The molecule has 1 aromatic rings. The summed E-state index contributed by atoms with van der Waals surface area (Å²) in [6.07, 6.45) is 3.79. The van der Waals surface area contributed by atoms with Crippen molar-refractivity contribution in [2.24, 2.45) is 0 Å². The molecule has 4 rings (SSSR count). The van der Waals surface area contributed by atoms with Crippen LogP contribution in [0.4, 0.5) is 0 Å². The van der Waals surface area contributed by atoms with Gasteiger partial charge in [0.25, 0.3) is 0 Å². The monoisotopic (exact) mass is 427 g/mol. The van der Waals surface area contributed by atoms with Crippen LogP contribution in [-0.2, 0) is 19.1 Å². The van der Waals surface area contributed by atoms with Gasteiger partial charge in [0.1, 0.15) is 18.1 Å². The molecule has 7 nitrogen and oxygen atoms in total. The van der Waals surface area contributed by atoms with Gasteiger partial charge in [0.15, 0.2) is 5.78 Å². The third kappa shape index (κ3) is 4.19. The maximum absolute atomic E-state index is 13.3. The van der Waals surface area contributed by atoms with Gasteiger partial charge in [-0.25, -0.2) is 4.79 Å². The number of benzene rings is 1. The molecule has 1 N–H and O–H groups in total. The van der Waals surface area contributed by atoms with E-state index in [1.54, 1.807) is 26.4 Å². The van der Waals surface area contributed by atoms with E-state index in [2.05, 4.69) is 5.32 Å². The van der Waals surface area contributed by atoms with Gasteiger partial charge < -0.3 is 24.3 Å². The lowest BCUT2D eigenvalue weighted by Crippen LogP contribution is -2.35. The van der Waals surface area contributed by atoms with Crippen LogP contribution in [-0.4, -0.2) is 45.3 Å². The van der Waals surface area contributed by atoms with E-state index in [9.17, 15) is 9.59 Å². The molecule has 0 spiro atoms. The summed E-state index contributed by atoms with van der Waals surface area (Å²) in [7, 11) is 3.17. The van der Waals surface area contributed by atoms with E-state index in [0.717, 1.165) is 36.9 Å². The van der Waals surface area contributed by atoms with Gasteiger partial charge in [-0.05, 0) is 50.8 Å². The molecule has 0 radical (unpaired) electrons. The number of carbonyl (C=O) groups excluding carboxylic acids is 2. The first-order valence-electron chi connectivity index (χ1n) is 10.8. The van der Waals surface area contributed by atoms with Gasteiger partial charge in [-0.2, -0.15) is 0 Å². The van der Waals surface area contributed by atoms with Gasteiger partial charge in [-0.15, -0.1) is 0 Å². The Balaban J connectivity index is 1.77. The van der Waals surface area contributed by atoms with Crippen LogP contribution in [0.5, 0.6) is 11.5 Å². The molecule has 3 aliphatic rings. The predicted octanol–water partition coefficient (Wildman–Crippen LogP) is 3.39. The fourth-order valence-corrected chi connectivity index (χ4v) is 4.65. The van der Waals surface area contributed by atoms with Gasteiger partial charge in [0.05, 0.1) is 31.8 Å². The lowest BCUT2D eigenvalue weighted by atomic mass is 9.75. The highest BCUT2D eigenvalue weighted by Gasteiger charge is 2.40. The highest BCUT2D eigenvalue weighted by Crippen LogP contribution is 2.46. The highest BCUT2D eigenvalue weighted by atomic mass is 16.6. The zero-order valence-corrected chi connectivity index (χ0v) is 18.3. The molecule has 1 aliphatic carbocycles. The number of dihydropyridines is 1. The second-order valence-corrected chi connectivity index (χ2v) is 8.11. The quantitative estimate of drug-likeness (QED) is 0.697. The number of methoxy groups -OCH3 is 2. The third-order valence-electron chi connectivity index (χ3n) is 6.17. The molecule has 1 aromatic carbocycles. The van der Waals surface area contributed by atoms with Gasteiger partial charge in [-0.3, -0.25) is 4.79 Å². The molecule has 0 bridgehead atoms. The summed E-state index contributed by atoms with van der Waals surface area (Å²) in [5.41, 5.74) is 3.33. The fraction of sp³-hybridized carbons (Fsp3) is 0.500. The van der Waals surface area contributed by atoms with Crippen molar-refractivity contribution in [1.82, 2.24) is 5.32 Å². The normalized spacial score (nSPS) is 23.4. The zero-order chi connectivity index (χ0) is 22.0. The summed E-state index contributed by atoms with van der Waals surface area (Å²) in [6.45, 7) is 2.75. The van der Waals surface area contributed by atoms with E-state index < -0.39 is 11.9 Å². The number of hydrogen-bond acceptors (Lipinski definition) is 7. The molecule has 1 saturated heterocycles. The summed E-state index contributed by atoms with van der Waals surface area (Å²) in [5.74, 6) is 0.242. The minimum atomic E-state index is -0.578. The topological polar surface area (TPSA) is 83.1 Å². The van der Waals surface area contributed by atoms with E-state index in [1.807, 2.05) is 13.0 Å². The molecule has 7 heteroatoms. The first kappa shape index (κ1) is 21.4. The van der Waals surface area contributed by atoms with Gasteiger partial charge in [0.2, 0.25) is 0 Å². The number of allylic oxidation sites excluding steroid dienone is 3. The smallest absolute Gasteiger partial charge is 0.336 e. The molecule has 0 aromatic heterocycles. The molecule has 2 aliphatic heterocycles. The van der Waals surface area contributed by atoms with Crippen LogP contribution in [0, 0.1) is 0 Å². The maximum Gasteiger partial charge on any atom is 0.336 e. The Hall–Kier alpha value is -2.80. The molecule has 0 saturated carbocycles. The molecular formula is C24H29NO6. The number of hydrogen-bond donors (Lipinski definition) is 1. The van der Waals surface area contributed by atoms with Gasteiger partial charge in [-0.1, -0.05) is 0 Å². The molecule has 0 amide bonds. The Morgan fingerprint density at radius 3 is 2.74 bits per heavy atom. The summed E-state index contributed by atoms with van der Waals surface area (Å²) in [4.78, 5) is 26.3. The SMILES string of the molecule is COc1ccc(OC)c([C@H]2C(C(=O)OC[C@@H]3CCCO3)=C(C)NC3=C2C(=O)CCC3)c1. The molecule has 0 unspecified atom stereocenters. The standard InChI is InChI=1S/C24H29NO6/c1-14-21(24(27)31-13-16-6-5-11-30-16)22(23-18(25-14)7-4-8-19(23)26)17-12-15(28-2)9-10-20(17)29-3/h9-10,12,16,22,25H,4-8,11,13H2,1-3H3/t16-,22-/m0/s1. The zero-order valence-electron chi connectivity index (χ0n) is 18.3. The second-order valence-electron chi connectivity index (χ2n) is 8.11. The van der Waals surface area contributed by atoms with Crippen LogP contribution in [0.25, 0.3) is 0 Å². The summed E-state index contributed by atoms with van der Waals surface area (Å²) in [5, 5.41) is 3.31. The Morgan fingerprint density at radius 1 is 1.19 bits per heavy atom. The van der Waals surface area contributed by atoms with Crippen molar-refractivity contribution in [3.63, 3.8) is 0 Å². The van der Waals surface area contributed by atoms with Gasteiger partial charge >= 0.3 is 5.97 Å². The van der Waals surface area contributed by atoms with Crippen molar-refractivity contribution in [2.75, 3.05) is 27.4 Å². The first-order chi connectivity index (χ1) is 15.0. The Morgan fingerprint density at radius 2 is 2.03 bits per heavy atom. The molecule has 2 heterocycles. The number of ether oxygens (including phenoxy) is 4. The first-order valence-corrected chi connectivity index (χ1v) is 10.8. The van der Waals surface area contributed by atoms with Crippen LogP contribution < -0.4 is 14.8 Å². The van der Waals surface area contributed by atoms with Crippen LogP contribution in [0.1, 0.15) is 50.5 Å². The fourth-order valence-electron chi connectivity index (χ4n) is 4.65. The van der Waals surface area contributed by atoms with Crippen molar-refractivity contribution in [2.45, 2.75) is 51.0 Å². The average molecular weight is 427 g/mol. The third-order valence-corrected chi connectivity index (χ3v) is 6.17. The summed E-state index contributed by atoms with van der Waals surface area (Å²) >= 11 is 0. The number of esters is 1. The molecular weight excluding hydrogens is 398 g/mol. The van der Waals surface area contributed by atoms with E-state index in [-0.39, 0.29) is 18.5 Å². The van der Waals surface area contributed by atoms with Crippen molar-refractivity contribution in [3.8, 4) is 11.5 Å². The van der Waals surface area contributed by atoms with Crippen LogP contribution in [0.3, 0.4) is 0 Å². The van der Waals surface area contributed by atoms with E-state index in [0.29, 0.717) is 41.4 Å². The van der Waals surface area contributed by atoms with E-state index in [1.165, 1.54) is 0 Å². The number of Topliss-reactive ketones (excluding diaryl/α,β-unsaturated/α-hetero) is 1. The van der Waals surface area contributed by atoms with E-state index >= 15 is 0 Å². The van der Waals surface area contributed by atoms with Crippen molar-refractivity contribution < 1.29 is 28.5 Å². The Bertz CT molecular complexity index is 941. The van der Waals surface area contributed by atoms with Crippen molar-refractivity contribution >= 4 is 11.8 Å². The average Bonchev–Trinajstić information content (AvgIpc) is 3.30. The maximum atomic E-state index is 13.3. The van der Waals surface area contributed by atoms with Gasteiger partial charge in [0, 0.05) is 35.6 Å². The summed E-state index contributed by atoms with van der Waals surface area (Å²) in [6, 6.07) is 5.43. The minimum Gasteiger partial charge on any atom is -0.497 e. The number of rotatable bonds is 6. The molecule has 2 atom stereocenters. The van der Waals surface area contributed by atoms with Crippen LogP contribution in [0.15, 0.2) is 40.7 Å². The minimum absolute atomic E-state index is 0.0422. The number of carbonyl (C=O) groups is 2. The molecule has 1 fully saturated rings. The van der Waals surface area contributed by atoms with Crippen molar-refractivity contribution in [3.05, 3.63) is 46.3 Å².